The van der Waals surface area contributed by atoms with E-state index in [0.717, 1.165) is 10.4 Å². The zero-order valence-corrected chi connectivity index (χ0v) is 14.8. The van der Waals surface area contributed by atoms with Crippen molar-refractivity contribution >= 4 is 21.6 Å². The van der Waals surface area contributed by atoms with Gasteiger partial charge in [0.25, 0.3) is 0 Å². The van der Waals surface area contributed by atoms with Crippen LogP contribution in [0.2, 0.25) is 0 Å². The van der Waals surface area contributed by atoms with Crippen molar-refractivity contribution in [1.29, 1.82) is 0 Å². The second-order valence-electron chi connectivity index (χ2n) is 5.63. The van der Waals surface area contributed by atoms with E-state index < -0.39 is 28.3 Å². The fraction of sp³-hybridized carbons (Fsp3) is 0.235. The maximum absolute atomic E-state index is 13.1. The number of fused-ring (bicyclic) bond motifs is 1. The number of likely N-dealkylation sites (N-methyl/N-ethyl adjacent to an activating group) is 1. The predicted octanol–water partition coefficient (Wildman–Crippen LogP) is 1.86. The van der Waals surface area contributed by atoms with Crippen molar-refractivity contribution in [3.63, 3.8) is 0 Å². The topological polar surface area (TPSA) is 84.9 Å². The lowest BCUT2D eigenvalue weighted by Gasteiger charge is -2.21. The summed E-state index contributed by atoms with van der Waals surface area (Å²) in [5, 5.41) is 2.46. The van der Waals surface area contributed by atoms with Gasteiger partial charge in [-0.1, -0.05) is 6.07 Å². The Balaban J connectivity index is 1.71. The Kier molecular flexibility index (Phi) is 5.10. The minimum atomic E-state index is -3.91. The van der Waals surface area contributed by atoms with E-state index in [0.29, 0.717) is 24.7 Å². The molecule has 3 rings (SSSR count). The van der Waals surface area contributed by atoms with E-state index in [9.17, 15) is 17.6 Å². The van der Waals surface area contributed by atoms with Gasteiger partial charge in [-0.3, -0.25) is 4.79 Å². The molecule has 0 spiro atoms. The molecule has 1 aliphatic heterocycles. The average Bonchev–Trinajstić information content (AvgIpc) is 2.61. The number of nitrogens with one attached hydrogen (secondary N) is 1. The number of halogens is 1. The van der Waals surface area contributed by atoms with Crippen LogP contribution in [0.25, 0.3) is 0 Å². The molecule has 26 heavy (non-hydrogen) atoms. The Morgan fingerprint density at radius 2 is 1.88 bits per heavy atom. The number of benzene rings is 2. The third-order valence-corrected chi connectivity index (χ3v) is 5.50. The molecule has 2 aromatic rings. The van der Waals surface area contributed by atoms with Crippen molar-refractivity contribution < 1.29 is 27.1 Å². The molecule has 0 unspecified atom stereocenters. The lowest BCUT2D eigenvalue weighted by molar-refractivity contribution is -0.116. The summed E-state index contributed by atoms with van der Waals surface area (Å²) in [5.41, 5.74) is 0.250. The van der Waals surface area contributed by atoms with E-state index in [2.05, 4.69) is 5.32 Å². The van der Waals surface area contributed by atoms with Gasteiger partial charge in [0.15, 0.2) is 11.5 Å². The van der Waals surface area contributed by atoms with E-state index in [1.54, 1.807) is 0 Å². The molecule has 1 amide bonds. The molecule has 0 aromatic heterocycles. The smallest absolute Gasteiger partial charge is 0.243 e. The Bertz CT molecular complexity index is 933. The summed E-state index contributed by atoms with van der Waals surface area (Å²) in [4.78, 5) is 12.0. The molecule has 1 N–H and O–H groups in total. The number of sulfonamides is 1. The Labute approximate surface area is 150 Å². The van der Waals surface area contributed by atoms with Crippen molar-refractivity contribution in [1.82, 2.24) is 4.31 Å². The van der Waals surface area contributed by atoms with Gasteiger partial charge in [-0.25, -0.2) is 12.8 Å². The highest BCUT2D eigenvalue weighted by Gasteiger charge is 2.25. The number of carbonyl (C=O) groups is 1. The molecule has 0 saturated carbocycles. The number of anilines is 1. The lowest BCUT2D eigenvalue weighted by Crippen LogP contribution is -2.35. The number of carbonyl (C=O) groups excluding carboxylic acids is 1. The molecule has 1 aliphatic rings. The van der Waals surface area contributed by atoms with Gasteiger partial charge < -0.3 is 14.8 Å². The van der Waals surface area contributed by atoms with Crippen LogP contribution < -0.4 is 14.8 Å². The number of hydrogen-bond acceptors (Lipinski definition) is 5. The van der Waals surface area contributed by atoms with Crippen molar-refractivity contribution in [3.8, 4) is 11.5 Å². The monoisotopic (exact) mass is 380 g/mol. The fourth-order valence-electron chi connectivity index (χ4n) is 2.42. The van der Waals surface area contributed by atoms with E-state index >= 15 is 0 Å². The molecule has 7 nitrogen and oxygen atoms in total. The molecule has 2 aromatic carbocycles. The largest absolute Gasteiger partial charge is 0.486 e. The lowest BCUT2D eigenvalue weighted by atomic mass is 10.3. The van der Waals surface area contributed by atoms with Crippen LogP contribution in [-0.2, 0) is 14.8 Å². The van der Waals surface area contributed by atoms with Gasteiger partial charge in [-0.05, 0) is 30.3 Å². The maximum atomic E-state index is 13.1. The minimum Gasteiger partial charge on any atom is -0.486 e. The highest BCUT2D eigenvalue weighted by molar-refractivity contribution is 7.89. The predicted molar refractivity (Wildman–Crippen MR) is 92.3 cm³/mol. The summed E-state index contributed by atoms with van der Waals surface area (Å²) in [6.07, 6.45) is 0. The first kappa shape index (κ1) is 18.2. The van der Waals surface area contributed by atoms with Gasteiger partial charge in [-0.15, -0.1) is 0 Å². The Morgan fingerprint density at radius 3 is 2.62 bits per heavy atom. The molecular formula is C17H17FN2O5S. The first-order valence-electron chi connectivity index (χ1n) is 7.78. The number of amides is 1. The first-order valence-corrected chi connectivity index (χ1v) is 9.22. The molecule has 138 valence electrons. The van der Waals surface area contributed by atoms with Crippen LogP contribution in [0.4, 0.5) is 10.1 Å². The molecule has 0 aliphatic carbocycles. The van der Waals surface area contributed by atoms with Crippen LogP contribution >= 0.6 is 0 Å². The molecule has 9 heteroatoms. The summed E-state index contributed by atoms with van der Waals surface area (Å²) in [7, 11) is -2.62. The van der Waals surface area contributed by atoms with Gasteiger partial charge in [0.2, 0.25) is 15.9 Å². The molecule has 0 atom stereocenters. The summed E-state index contributed by atoms with van der Waals surface area (Å²) in [6.45, 7) is 0.314. The second-order valence-corrected chi connectivity index (χ2v) is 7.67. The zero-order chi connectivity index (χ0) is 18.7. The standard InChI is InChI=1S/C17H17FN2O5S/c1-20(11-17(21)19-13-4-2-3-12(18)9-13)26(22,23)14-5-6-15-16(10-14)25-8-7-24-15/h2-6,9-10H,7-8,11H2,1H3,(H,19,21). The first-order chi connectivity index (χ1) is 12.4. The highest BCUT2D eigenvalue weighted by Crippen LogP contribution is 2.32. The minimum absolute atomic E-state index is 0.0113. The molecule has 0 radical (unpaired) electrons. The van der Waals surface area contributed by atoms with Crippen LogP contribution in [0.1, 0.15) is 0 Å². The summed E-state index contributed by atoms with van der Waals surface area (Å²) in [5.74, 6) is -0.268. The highest BCUT2D eigenvalue weighted by atomic mass is 32.2. The fourth-order valence-corrected chi connectivity index (χ4v) is 3.56. The molecule has 0 bridgehead atoms. The number of ether oxygens (including phenoxy) is 2. The van der Waals surface area contributed by atoms with Gasteiger partial charge >= 0.3 is 0 Å². The van der Waals surface area contributed by atoms with E-state index in [-0.39, 0.29) is 10.6 Å². The molecule has 0 saturated heterocycles. The van der Waals surface area contributed by atoms with Crippen molar-refractivity contribution in [2.75, 3.05) is 32.1 Å². The van der Waals surface area contributed by atoms with Crippen molar-refractivity contribution in [3.05, 3.63) is 48.3 Å². The van der Waals surface area contributed by atoms with Crippen LogP contribution in [0.5, 0.6) is 11.5 Å². The second kappa shape index (κ2) is 7.30. The zero-order valence-electron chi connectivity index (χ0n) is 13.9. The Morgan fingerprint density at radius 1 is 1.15 bits per heavy atom. The SMILES string of the molecule is CN(CC(=O)Nc1cccc(F)c1)S(=O)(=O)c1ccc2c(c1)OCCO2. The molecule has 0 fully saturated rings. The van der Waals surface area contributed by atoms with E-state index in [1.807, 2.05) is 0 Å². The number of hydrogen-bond donors (Lipinski definition) is 1. The quantitative estimate of drug-likeness (QED) is 0.856. The summed E-state index contributed by atoms with van der Waals surface area (Å²) >= 11 is 0. The van der Waals surface area contributed by atoms with Gasteiger partial charge in [-0.2, -0.15) is 4.31 Å². The van der Waals surface area contributed by atoms with Crippen LogP contribution in [0.15, 0.2) is 47.4 Å². The van der Waals surface area contributed by atoms with Crippen molar-refractivity contribution in [2.24, 2.45) is 0 Å². The van der Waals surface area contributed by atoms with Gasteiger partial charge in [0.1, 0.15) is 19.0 Å². The molecular weight excluding hydrogens is 363 g/mol. The van der Waals surface area contributed by atoms with Gasteiger partial charge in [0, 0.05) is 18.8 Å². The van der Waals surface area contributed by atoms with Crippen molar-refractivity contribution in [2.45, 2.75) is 4.90 Å². The van der Waals surface area contributed by atoms with Gasteiger partial charge in [0.05, 0.1) is 11.4 Å². The van der Waals surface area contributed by atoms with Crippen LogP contribution in [-0.4, -0.2) is 45.4 Å². The van der Waals surface area contributed by atoms with E-state index in [1.165, 1.54) is 43.4 Å². The summed E-state index contributed by atoms with van der Waals surface area (Å²) < 4.78 is 50.1. The number of nitrogens with zero attached hydrogens (tertiary/aromatic N) is 1. The molecule has 1 heterocycles. The third-order valence-electron chi connectivity index (χ3n) is 3.70. The summed E-state index contributed by atoms with van der Waals surface area (Å²) in [6, 6.07) is 9.62. The number of rotatable bonds is 5. The normalized spacial score (nSPS) is 13.5. The Hall–Kier alpha value is -2.65. The maximum Gasteiger partial charge on any atom is 0.243 e. The third kappa shape index (κ3) is 3.94. The van der Waals surface area contributed by atoms with E-state index in [4.69, 9.17) is 9.47 Å². The average molecular weight is 380 g/mol. The van der Waals surface area contributed by atoms with Crippen LogP contribution in [0.3, 0.4) is 0 Å². The van der Waals surface area contributed by atoms with Crippen LogP contribution in [0, 0.1) is 5.82 Å².